The quantitative estimate of drug-likeness (QED) is 0.541. The standard InChI is InChI=1S/C13H17P.C2H6/c1-3-5-11(4-2)10-12-6-8-13(14)9-7-12;1-2/h3-9H,10,14H2,1-2H3;1-2H3/b5-3-,11-4+;. The van der Waals surface area contributed by atoms with Crippen molar-refractivity contribution in [1.29, 1.82) is 0 Å². The Morgan fingerprint density at radius 3 is 2.12 bits per heavy atom. The molecule has 1 unspecified atom stereocenters. The first-order valence-electron chi connectivity index (χ1n) is 5.88. The molecular weight excluding hydrogens is 211 g/mol. The van der Waals surface area contributed by atoms with Crippen molar-refractivity contribution >= 4 is 14.5 Å². The van der Waals surface area contributed by atoms with Gasteiger partial charge in [-0.2, -0.15) is 0 Å². The highest BCUT2D eigenvalue weighted by Gasteiger charge is 1.94. The topological polar surface area (TPSA) is 0 Å². The van der Waals surface area contributed by atoms with Gasteiger partial charge in [0.15, 0.2) is 0 Å². The summed E-state index contributed by atoms with van der Waals surface area (Å²) in [5.74, 6) is 0. The highest BCUT2D eigenvalue weighted by atomic mass is 31.0. The van der Waals surface area contributed by atoms with Crippen molar-refractivity contribution < 1.29 is 0 Å². The minimum absolute atomic E-state index is 1.02. The van der Waals surface area contributed by atoms with Crippen molar-refractivity contribution in [3.63, 3.8) is 0 Å². The van der Waals surface area contributed by atoms with Crippen LogP contribution in [0.15, 0.2) is 48.1 Å². The molecule has 0 aliphatic carbocycles. The lowest BCUT2D eigenvalue weighted by Gasteiger charge is -2.02. The van der Waals surface area contributed by atoms with Crippen LogP contribution in [-0.2, 0) is 6.42 Å². The van der Waals surface area contributed by atoms with Gasteiger partial charge in [-0.15, -0.1) is 9.24 Å². The average molecular weight is 234 g/mol. The van der Waals surface area contributed by atoms with Crippen LogP contribution in [0.3, 0.4) is 0 Å². The van der Waals surface area contributed by atoms with Crippen LogP contribution in [0.25, 0.3) is 0 Å². The maximum absolute atomic E-state index is 2.70. The van der Waals surface area contributed by atoms with Gasteiger partial charge in [-0.05, 0) is 36.7 Å². The van der Waals surface area contributed by atoms with Crippen molar-refractivity contribution in [2.24, 2.45) is 0 Å². The number of hydrogen-bond donors (Lipinski definition) is 0. The Bertz CT molecular complexity index is 331. The summed E-state index contributed by atoms with van der Waals surface area (Å²) < 4.78 is 0. The van der Waals surface area contributed by atoms with Crippen LogP contribution in [0.5, 0.6) is 0 Å². The second-order valence-corrected chi connectivity index (χ2v) is 3.95. The van der Waals surface area contributed by atoms with E-state index in [9.17, 15) is 0 Å². The van der Waals surface area contributed by atoms with Gasteiger partial charge in [0.1, 0.15) is 0 Å². The predicted molar refractivity (Wildman–Crippen MR) is 79.4 cm³/mol. The van der Waals surface area contributed by atoms with Gasteiger partial charge in [0.25, 0.3) is 0 Å². The van der Waals surface area contributed by atoms with E-state index in [0.29, 0.717) is 0 Å². The summed E-state index contributed by atoms with van der Waals surface area (Å²) in [6, 6.07) is 8.61. The lowest BCUT2D eigenvalue weighted by atomic mass is 10.0. The Hall–Kier alpha value is -0.870. The van der Waals surface area contributed by atoms with Crippen LogP contribution in [0.4, 0.5) is 0 Å². The fourth-order valence-corrected chi connectivity index (χ4v) is 1.53. The molecule has 0 amide bonds. The first-order valence-corrected chi connectivity index (χ1v) is 6.46. The molecule has 0 N–H and O–H groups in total. The second kappa shape index (κ2) is 9.36. The molecule has 1 aromatic rings. The van der Waals surface area contributed by atoms with Crippen molar-refractivity contribution in [1.82, 2.24) is 0 Å². The molecule has 0 spiro atoms. The molecule has 1 rings (SSSR count). The maximum Gasteiger partial charge on any atom is -0.00291 e. The highest BCUT2D eigenvalue weighted by Crippen LogP contribution is 2.08. The van der Waals surface area contributed by atoms with Crippen LogP contribution in [0.2, 0.25) is 0 Å². The van der Waals surface area contributed by atoms with E-state index in [4.69, 9.17) is 0 Å². The second-order valence-electron chi connectivity index (χ2n) is 3.28. The van der Waals surface area contributed by atoms with Crippen molar-refractivity contribution in [2.75, 3.05) is 0 Å². The number of allylic oxidation sites excluding steroid dienone is 4. The first-order chi connectivity index (χ1) is 7.76. The summed E-state index contributed by atoms with van der Waals surface area (Å²) in [6.07, 6.45) is 7.42. The van der Waals surface area contributed by atoms with E-state index >= 15 is 0 Å². The fourth-order valence-electron chi connectivity index (χ4n) is 1.34. The van der Waals surface area contributed by atoms with Crippen LogP contribution < -0.4 is 5.30 Å². The minimum atomic E-state index is 1.02. The Kier molecular flexibility index (Phi) is 8.85. The van der Waals surface area contributed by atoms with Crippen LogP contribution in [0.1, 0.15) is 33.3 Å². The van der Waals surface area contributed by atoms with Gasteiger partial charge in [0.05, 0.1) is 0 Å². The third-order valence-electron chi connectivity index (χ3n) is 2.14. The number of hydrogen-bond acceptors (Lipinski definition) is 0. The van der Waals surface area contributed by atoms with Gasteiger partial charge >= 0.3 is 0 Å². The van der Waals surface area contributed by atoms with Crippen molar-refractivity contribution in [3.8, 4) is 0 Å². The van der Waals surface area contributed by atoms with Crippen LogP contribution in [-0.4, -0.2) is 0 Å². The van der Waals surface area contributed by atoms with Crippen LogP contribution >= 0.6 is 9.24 Å². The third-order valence-corrected chi connectivity index (χ3v) is 2.52. The zero-order chi connectivity index (χ0) is 12.4. The molecule has 0 aliphatic rings. The molecule has 0 saturated carbocycles. The molecule has 0 radical (unpaired) electrons. The molecule has 0 aromatic heterocycles. The highest BCUT2D eigenvalue weighted by molar-refractivity contribution is 7.27. The summed E-state index contributed by atoms with van der Waals surface area (Å²) >= 11 is 0. The molecule has 0 aliphatic heterocycles. The normalized spacial score (nSPS) is 11.2. The summed E-state index contributed by atoms with van der Waals surface area (Å²) in [5.41, 5.74) is 2.73. The van der Waals surface area contributed by atoms with Crippen molar-refractivity contribution in [2.45, 2.75) is 34.1 Å². The number of benzene rings is 1. The van der Waals surface area contributed by atoms with E-state index in [-0.39, 0.29) is 0 Å². The van der Waals surface area contributed by atoms with Gasteiger partial charge in [0, 0.05) is 0 Å². The molecule has 16 heavy (non-hydrogen) atoms. The van der Waals surface area contributed by atoms with E-state index in [1.165, 1.54) is 16.4 Å². The van der Waals surface area contributed by atoms with Crippen molar-refractivity contribution in [3.05, 3.63) is 53.6 Å². The lowest BCUT2D eigenvalue weighted by Crippen LogP contribution is -1.92. The summed E-state index contributed by atoms with van der Waals surface area (Å²) in [7, 11) is 2.70. The zero-order valence-corrected chi connectivity index (χ0v) is 12.0. The van der Waals surface area contributed by atoms with Gasteiger partial charge < -0.3 is 0 Å². The lowest BCUT2D eigenvalue weighted by molar-refractivity contribution is 1.19. The average Bonchev–Trinajstić information content (AvgIpc) is 2.34. The molecule has 1 aromatic carbocycles. The van der Waals surface area contributed by atoms with E-state index in [2.05, 4.69) is 65.6 Å². The van der Waals surface area contributed by atoms with E-state index in [0.717, 1.165) is 6.42 Å². The van der Waals surface area contributed by atoms with Gasteiger partial charge in [0.2, 0.25) is 0 Å². The molecule has 0 fully saturated rings. The van der Waals surface area contributed by atoms with E-state index < -0.39 is 0 Å². The Morgan fingerprint density at radius 1 is 1.12 bits per heavy atom. The van der Waals surface area contributed by atoms with E-state index in [1.54, 1.807) is 0 Å². The SMILES string of the molecule is C/C=C\C(=C/C)Cc1ccc(P)cc1.CC. The Morgan fingerprint density at radius 2 is 1.69 bits per heavy atom. The fraction of sp³-hybridized carbons (Fsp3) is 0.333. The van der Waals surface area contributed by atoms with Gasteiger partial charge in [-0.1, -0.05) is 56.3 Å². The Balaban J connectivity index is 0.00000106. The van der Waals surface area contributed by atoms with Gasteiger partial charge in [-0.3, -0.25) is 0 Å². The molecule has 0 nitrogen and oxygen atoms in total. The molecule has 88 valence electrons. The predicted octanol–water partition coefficient (Wildman–Crippen LogP) is 4.28. The maximum atomic E-state index is 2.70. The summed E-state index contributed by atoms with van der Waals surface area (Å²) in [6.45, 7) is 8.13. The van der Waals surface area contributed by atoms with Gasteiger partial charge in [-0.25, -0.2) is 0 Å². The molecular formula is C15H23P. The monoisotopic (exact) mass is 234 g/mol. The Labute approximate surface area is 103 Å². The molecule has 1 heteroatoms. The summed E-state index contributed by atoms with van der Waals surface area (Å²) in [5, 5.41) is 1.24. The zero-order valence-electron chi connectivity index (χ0n) is 10.8. The smallest absolute Gasteiger partial charge is 0.00291 e. The van der Waals surface area contributed by atoms with Crippen LogP contribution in [0, 0.1) is 0 Å². The van der Waals surface area contributed by atoms with E-state index in [1.807, 2.05) is 13.8 Å². The minimum Gasteiger partial charge on any atom is -0.106 e. The summed E-state index contributed by atoms with van der Waals surface area (Å²) in [4.78, 5) is 0. The molecule has 1 atom stereocenters. The molecule has 0 bridgehead atoms. The number of rotatable bonds is 3. The third kappa shape index (κ3) is 5.88. The molecule has 0 saturated heterocycles. The largest absolute Gasteiger partial charge is 0.106 e. The molecule has 0 heterocycles. The first kappa shape index (κ1) is 15.1.